The minimum absolute atomic E-state index is 0.0802. The molecule has 0 saturated heterocycles. The third kappa shape index (κ3) is 4.72. The summed E-state index contributed by atoms with van der Waals surface area (Å²) in [4.78, 5) is 31.6. The summed E-state index contributed by atoms with van der Waals surface area (Å²) in [5, 5.41) is 4.10. The topological polar surface area (TPSA) is 64.0 Å². The molecule has 28 heavy (non-hydrogen) atoms. The van der Waals surface area contributed by atoms with E-state index in [1.165, 1.54) is 28.7 Å². The molecule has 146 valence electrons. The van der Waals surface area contributed by atoms with E-state index in [1.54, 1.807) is 10.6 Å². The number of aryl methyl sites for hydroxylation is 2. The Balaban J connectivity index is 1.72. The van der Waals surface area contributed by atoms with Crippen molar-refractivity contribution in [3.05, 3.63) is 69.3 Å². The van der Waals surface area contributed by atoms with Gasteiger partial charge in [-0.15, -0.1) is 17.9 Å². The van der Waals surface area contributed by atoms with Crippen molar-refractivity contribution in [1.82, 2.24) is 14.9 Å². The molecule has 0 saturated carbocycles. The van der Waals surface area contributed by atoms with Crippen LogP contribution in [0.1, 0.15) is 22.9 Å². The maximum atomic E-state index is 12.8. The van der Waals surface area contributed by atoms with Crippen molar-refractivity contribution in [1.29, 1.82) is 0 Å². The molecular formula is C21H23N3O2S2. The molecule has 3 rings (SSSR count). The molecule has 2 aromatic heterocycles. The van der Waals surface area contributed by atoms with Crippen molar-refractivity contribution in [3.63, 3.8) is 0 Å². The SMILES string of the molecule is C=CCn1c(SCC(=O)NCc2ccc(C)cc2)nc2sc(CC)cc2c1=O. The van der Waals surface area contributed by atoms with Gasteiger partial charge in [-0.05, 0) is 25.0 Å². The van der Waals surface area contributed by atoms with Gasteiger partial charge >= 0.3 is 0 Å². The average molecular weight is 414 g/mol. The van der Waals surface area contributed by atoms with E-state index in [9.17, 15) is 9.59 Å². The zero-order valence-electron chi connectivity index (χ0n) is 16.0. The molecule has 0 aliphatic heterocycles. The number of amides is 1. The standard InChI is InChI=1S/C21H23N3O2S2/c1-4-10-24-20(26)17-11-16(5-2)28-19(17)23-21(24)27-13-18(25)22-12-15-8-6-14(3)7-9-15/h4,6-9,11H,1,5,10,12-13H2,2-3H3,(H,22,25). The van der Waals surface area contributed by atoms with E-state index in [0.717, 1.165) is 21.7 Å². The molecule has 1 amide bonds. The van der Waals surface area contributed by atoms with E-state index in [4.69, 9.17) is 0 Å². The summed E-state index contributed by atoms with van der Waals surface area (Å²) < 4.78 is 1.58. The number of hydrogen-bond donors (Lipinski definition) is 1. The Morgan fingerprint density at radius 2 is 2.11 bits per heavy atom. The first kappa shape index (κ1) is 20.4. The number of thiophene rings is 1. The zero-order chi connectivity index (χ0) is 20.1. The van der Waals surface area contributed by atoms with E-state index >= 15 is 0 Å². The molecule has 0 spiro atoms. The predicted octanol–water partition coefficient (Wildman–Crippen LogP) is 3.92. The lowest BCUT2D eigenvalue weighted by Gasteiger charge is -2.10. The minimum atomic E-state index is -0.0921. The summed E-state index contributed by atoms with van der Waals surface area (Å²) in [7, 11) is 0. The van der Waals surface area contributed by atoms with Crippen molar-refractivity contribution in [2.45, 2.75) is 38.5 Å². The minimum Gasteiger partial charge on any atom is -0.351 e. The lowest BCUT2D eigenvalue weighted by Crippen LogP contribution is -2.26. The van der Waals surface area contributed by atoms with Crippen LogP contribution in [0.5, 0.6) is 0 Å². The van der Waals surface area contributed by atoms with Crippen LogP contribution in [0.3, 0.4) is 0 Å². The van der Waals surface area contributed by atoms with E-state index < -0.39 is 0 Å². The van der Waals surface area contributed by atoms with Crippen molar-refractivity contribution in [2.24, 2.45) is 0 Å². The summed E-state index contributed by atoms with van der Waals surface area (Å²) in [5.74, 6) is 0.109. The predicted molar refractivity (Wildman–Crippen MR) is 117 cm³/mol. The Morgan fingerprint density at radius 1 is 1.36 bits per heavy atom. The number of allylic oxidation sites excluding steroid dienone is 1. The van der Waals surface area contributed by atoms with E-state index in [-0.39, 0.29) is 17.2 Å². The van der Waals surface area contributed by atoms with Crippen LogP contribution in [0.25, 0.3) is 10.2 Å². The second-order valence-corrected chi connectivity index (χ2v) is 8.49. The largest absolute Gasteiger partial charge is 0.351 e. The van der Waals surface area contributed by atoms with Gasteiger partial charge in [0.2, 0.25) is 5.91 Å². The summed E-state index contributed by atoms with van der Waals surface area (Å²) in [5.41, 5.74) is 2.16. The molecule has 1 N–H and O–H groups in total. The number of benzene rings is 1. The molecule has 0 bridgehead atoms. The second kappa shape index (κ2) is 9.21. The van der Waals surface area contributed by atoms with Crippen LogP contribution in [-0.4, -0.2) is 21.2 Å². The van der Waals surface area contributed by atoms with Gasteiger partial charge in [-0.1, -0.05) is 54.6 Å². The quantitative estimate of drug-likeness (QED) is 0.345. The van der Waals surface area contributed by atoms with Gasteiger partial charge in [0.1, 0.15) is 4.83 Å². The van der Waals surface area contributed by atoms with Gasteiger partial charge in [-0.2, -0.15) is 0 Å². The van der Waals surface area contributed by atoms with E-state index in [1.807, 2.05) is 37.3 Å². The summed E-state index contributed by atoms with van der Waals surface area (Å²) in [6.45, 7) is 8.67. The number of nitrogens with zero attached hydrogens (tertiary/aromatic N) is 2. The first-order valence-corrected chi connectivity index (χ1v) is 10.9. The molecule has 0 atom stereocenters. The van der Waals surface area contributed by atoms with Gasteiger partial charge in [0, 0.05) is 18.0 Å². The maximum absolute atomic E-state index is 12.8. The van der Waals surface area contributed by atoms with Gasteiger partial charge in [0.15, 0.2) is 5.16 Å². The molecule has 3 aromatic rings. The molecule has 0 radical (unpaired) electrons. The summed E-state index contributed by atoms with van der Waals surface area (Å²) >= 11 is 2.81. The normalized spacial score (nSPS) is 10.9. The van der Waals surface area contributed by atoms with Gasteiger partial charge in [-0.25, -0.2) is 4.98 Å². The zero-order valence-corrected chi connectivity index (χ0v) is 17.7. The number of fused-ring (bicyclic) bond motifs is 1. The van der Waals surface area contributed by atoms with Crippen LogP contribution < -0.4 is 10.9 Å². The molecular weight excluding hydrogens is 390 g/mol. The fourth-order valence-corrected chi connectivity index (χ4v) is 4.56. The number of thioether (sulfide) groups is 1. The third-order valence-corrected chi connectivity index (χ3v) is 6.42. The fraction of sp³-hybridized carbons (Fsp3) is 0.286. The number of aromatic nitrogens is 2. The summed E-state index contributed by atoms with van der Waals surface area (Å²) in [6.07, 6.45) is 2.54. The average Bonchev–Trinajstić information content (AvgIpc) is 3.12. The lowest BCUT2D eigenvalue weighted by atomic mass is 10.1. The van der Waals surface area contributed by atoms with Crippen molar-refractivity contribution >= 4 is 39.2 Å². The molecule has 5 nitrogen and oxygen atoms in total. The number of nitrogens with one attached hydrogen (secondary N) is 1. The molecule has 0 aliphatic rings. The van der Waals surface area contributed by atoms with Crippen molar-refractivity contribution in [3.8, 4) is 0 Å². The van der Waals surface area contributed by atoms with Crippen LogP contribution >= 0.6 is 23.1 Å². The van der Waals surface area contributed by atoms with Gasteiger partial charge in [0.05, 0.1) is 11.1 Å². The van der Waals surface area contributed by atoms with Crippen LogP contribution in [0.15, 0.2) is 52.9 Å². The van der Waals surface area contributed by atoms with Gasteiger partial charge in [-0.3, -0.25) is 14.2 Å². The molecule has 0 aliphatic carbocycles. The van der Waals surface area contributed by atoms with Crippen LogP contribution in [-0.2, 0) is 24.3 Å². The Bertz CT molecular complexity index is 1050. The van der Waals surface area contributed by atoms with Crippen LogP contribution in [0, 0.1) is 6.92 Å². The Kier molecular flexibility index (Phi) is 6.70. The molecule has 0 fully saturated rings. The van der Waals surface area contributed by atoms with Crippen LogP contribution in [0.4, 0.5) is 0 Å². The Labute approximate surface area is 172 Å². The highest BCUT2D eigenvalue weighted by Gasteiger charge is 2.15. The molecule has 7 heteroatoms. The lowest BCUT2D eigenvalue weighted by molar-refractivity contribution is -0.118. The molecule has 2 heterocycles. The third-order valence-electron chi connectivity index (χ3n) is 4.27. The smallest absolute Gasteiger partial charge is 0.263 e. The van der Waals surface area contributed by atoms with Crippen LogP contribution in [0.2, 0.25) is 0 Å². The number of rotatable bonds is 8. The number of carbonyl (C=O) groups excluding carboxylic acids is 1. The van der Waals surface area contributed by atoms with Gasteiger partial charge < -0.3 is 5.32 Å². The Morgan fingerprint density at radius 3 is 2.79 bits per heavy atom. The molecule has 1 aromatic carbocycles. The molecule has 0 unspecified atom stereocenters. The van der Waals surface area contributed by atoms with Gasteiger partial charge in [0.25, 0.3) is 5.56 Å². The second-order valence-electron chi connectivity index (χ2n) is 6.43. The first-order valence-electron chi connectivity index (χ1n) is 9.11. The van der Waals surface area contributed by atoms with E-state index in [0.29, 0.717) is 23.6 Å². The van der Waals surface area contributed by atoms with Crippen molar-refractivity contribution in [2.75, 3.05) is 5.75 Å². The number of carbonyl (C=O) groups is 1. The van der Waals surface area contributed by atoms with E-state index in [2.05, 4.69) is 23.8 Å². The maximum Gasteiger partial charge on any atom is 0.263 e. The summed E-state index contributed by atoms with van der Waals surface area (Å²) in [6, 6.07) is 9.96. The number of hydrogen-bond acceptors (Lipinski definition) is 5. The first-order chi connectivity index (χ1) is 13.5. The highest BCUT2D eigenvalue weighted by molar-refractivity contribution is 7.99. The monoisotopic (exact) mass is 413 g/mol. The Hall–Kier alpha value is -2.38. The fourth-order valence-electron chi connectivity index (χ4n) is 2.71. The van der Waals surface area contributed by atoms with Crippen molar-refractivity contribution < 1.29 is 4.79 Å². The highest BCUT2D eigenvalue weighted by atomic mass is 32.2. The highest BCUT2D eigenvalue weighted by Crippen LogP contribution is 2.25.